The van der Waals surface area contributed by atoms with E-state index in [-0.39, 0.29) is 0 Å². The topological polar surface area (TPSA) is 29.0 Å². The van der Waals surface area contributed by atoms with Gasteiger partial charge >= 0.3 is 0 Å². The van der Waals surface area contributed by atoms with Gasteiger partial charge in [0.2, 0.25) is 0 Å². The van der Waals surface area contributed by atoms with E-state index in [0.717, 1.165) is 22.5 Å². The number of thiophene rings is 1. The van der Waals surface area contributed by atoms with Gasteiger partial charge in [-0.05, 0) is 38.7 Å². The molecule has 19 heavy (non-hydrogen) atoms. The number of hydrogen-bond acceptors (Lipinski definition) is 4. The molecule has 1 aliphatic carbocycles. The molecule has 1 saturated carbocycles. The molecule has 2 aromatic rings. The molecule has 5 heteroatoms. The zero-order chi connectivity index (χ0) is 13.4. The summed E-state index contributed by atoms with van der Waals surface area (Å²) in [5, 5.41) is 2.25. The van der Waals surface area contributed by atoms with Crippen LogP contribution in [0.1, 0.15) is 29.7 Å². The predicted octanol–water partition coefficient (Wildman–Crippen LogP) is 4.06. The highest BCUT2D eigenvalue weighted by molar-refractivity contribution is 9.09. The molecule has 0 N–H and O–H groups in total. The molecule has 0 amide bonds. The second kappa shape index (κ2) is 5.37. The summed E-state index contributed by atoms with van der Waals surface area (Å²) < 4.78 is 0. The molecule has 1 fully saturated rings. The molecule has 2 heterocycles. The molecular formula is C14H18BrN3S. The lowest BCUT2D eigenvalue weighted by Gasteiger charge is -2.38. The third-order valence-electron chi connectivity index (χ3n) is 4.06. The largest absolute Gasteiger partial charge is 0.352 e. The minimum atomic E-state index is 0.662. The lowest BCUT2D eigenvalue weighted by Crippen LogP contribution is -2.42. The Kier molecular flexibility index (Phi) is 3.76. The van der Waals surface area contributed by atoms with Crippen molar-refractivity contribution in [3.05, 3.63) is 16.8 Å². The van der Waals surface area contributed by atoms with Gasteiger partial charge in [-0.3, -0.25) is 0 Å². The first-order chi connectivity index (χ1) is 9.22. The van der Waals surface area contributed by atoms with Crippen LogP contribution in [0.3, 0.4) is 0 Å². The fourth-order valence-electron chi connectivity index (χ4n) is 2.63. The van der Waals surface area contributed by atoms with E-state index in [9.17, 15) is 0 Å². The summed E-state index contributed by atoms with van der Waals surface area (Å²) in [5.41, 5.74) is 1.34. The van der Waals surface area contributed by atoms with Gasteiger partial charge in [-0.2, -0.15) is 0 Å². The van der Waals surface area contributed by atoms with Crippen LogP contribution < -0.4 is 4.90 Å². The summed E-state index contributed by atoms with van der Waals surface area (Å²) in [6, 6.07) is 0.662. The van der Waals surface area contributed by atoms with Crippen LogP contribution in [0.2, 0.25) is 0 Å². The van der Waals surface area contributed by atoms with E-state index in [1.54, 1.807) is 17.7 Å². The zero-order valence-electron chi connectivity index (χ0n) is 11.3. The Bertz CT molecular complexity index is 592. The average Bonchev–Trinajstić information content (AvgIpc) is 2.63. The van der Waals surface area contributed by atoms with Crippen molar-refractivity contribution in [1.29, 1.82) is 0 Å². The molecule has 0 unspecified atom stereocenters. The smallest absolute Gasteiger partial charge is 0.141 e. The van der Waals surface area contributed by atoms with E-state index in [1.807, 2.05) is 0 Å². The van der Waals surface area contributed by atoms with Crippen molar-refractivity contribution in [2.24, 2.45) is 0 Å². The third-order valence-corrected chi connectivity index (χ3v) is 5.53. The fraction of sp³-hybridized carbons (Fsp3) is 0.571. The molecular weight excluding hydrogens is 322 g/mol. The van der Waals surface area contributed by atoms with Gasteiger partial charge in [-0.25, -0.2) is 9.97 Å². The number of anilines is 1. The Labute approximate surface area is 126 Å². The van der Waals surface area contributed by atoms with Gasteiger partial charge in [0.25, 0.3) is 0 Å². The van der Waals surface area contributed by atoms with E-state index in [4.69, 9.17) is 0 Å². The van der Waals surface area contributed by atoms with Crippen LogP contribution >= 0.6 is 27.3 Å². The van der Waals surface area contributed by atoms with Gasteiger partial charge < -0.3 is 4.90 Å². The van der Waals surface area contributed by atoms with E-state index in [1.165, 1.54) is 35.1 Å². The molecule has 0 bridgehead atoms. The molecule has 0 radical (unpaired) electrons. The van der Waals surface area contributed by atoms with Gasteiger partial charge in [0.15, 0.2) is 0 Å². The zero-order valence-corrected chi connectivity index (χ0v) is 13.7. The maximum atomic E-state index is 4.60. The van der Waals surface area contributed by atoms with Crippen molar-refractivity contribution < 1.29 is 0 Å². The van der Waals surface area contributed by atoms with Gasteiger partial charge in [0, 0.05) is 22.8 Å². The summed E-state index contributed by atoms with van der Waals surface area (Å²) in [7, 11) is 0. The minimum Gasteiger partial charge on any atom is -0.352 e. The average molecular weight is 340 g/mol. The van der Waals surface area contributed by atoms with Gasteiger partial charge in [0.05, 0.1) is 5.39 Å². The van der Waals surface area contributed by atoms with Crippen LogP contribution in [-0.4, -0.2) is 27.9 Å². The monoisotopic (exact) mass is 339 g/mol. The van der Waals surface area contributed by atoms with E-state index >= 15 is 0 Å². The number of alkyl halides is 1. The molecule has 3 rings (SSSR count). The number of rotatable bonds is 4. The van der Waals surface area contributed by atoms with E-state index in [0.29, 0.717) is 6.04 Å². The van der Waals surface area contributed by atoms with Crippen LogP contribution in [-0.2, 0) is 0 Å². The summed E-state index contributed by atoms with van der Waals surface area (Å²) in [6.45, 7) is 5.38. The second-order valence-electron chi connectivity index (χ2n) is 5.13. The Morgan fingerprint density at radius 1 is 1.37 bits per heavy atom. The van der Waals surface area contributed by atoms with Crippen LogP contribution in [0.15, 0.2) is 6.33 Å². The SMILES string of the molecule is Cc1sc2ncnc(N(CCBr)C3CCC3)c2c1C. The van der Waals surface area contributed by atoms with Crippen LogP contribution in [0, 0.1) is 13.8 Å². The second-order valence-corrected chi connectivity index (χ2v) is 7.12. The summed E-state index contributed by atoms with van der Waals surface area (Å²) >= 11 is 5.35. The summed E-state index contributed by atoms with van der Waals surface area (Å²) in [5.74, 6) is 1.14. The third kappa shape index (κ3) is 2.27. The predicted molar refractivity (Wildman–Crippen MR) is 85.7 cm³/mol. The molecule has 3 nitrogen and oxygen atoms in total. The van der Waals surface area contributed by atoms with Crippen molar-refractivity contribution in [1.82, 2.24) is 9.97 Å². The van der Waals surface area contributed by atoms with E-state index < -0.39 is 0 Å². The normalized spacial score (nSPS) is 15.7. The summed E-state index contributed by atoms with van der Waals surface area (Å²) in [4.78, 5) is 14.0. The molecule has 102 valence electrons. The highest BCUT2D eigenvalue weighted by Gasteiger charge is 2.27. The first kappa shape index (κ1) is 13.3. The van der Waals surface area contributed by atoms with Crippen LogP contribution in [0.5, 0.6) is 0 Å². The maximum absolute atomic E-state index is 4.60. The van der Waals surface area contributed by atoms with Gasteiger partial charge in [-0.1, -0.05) is 15.9 Å². The summed E-state index contributed by atoms with van der Waals surface area (Å²) in [6.07, 6.45) is 5.65. The van der Waals surface area contributed by atoms with Crippen molar-refractivity contribution in [2.45, 2.75) is 39.2 Å². The highest BCUT2D eigenvalue weighted by Crippen LogP contribution is 2.37. The van der Waals surface area contributed by atoms with Crippen molar-refractivity contribution in [3.8, 4) is 0 Å². The lowest BCUT2D eigenvalue weighted by atomic mass is 9.91. The Balaban J connectivity index is 2.11. The molecule has 0 spiro atoms. The maximum Gasteiger partial charge on any atom is 0.141 e. The minimum absolute atomic E-state index is 0.662. The fourth-order valence-corrected chi connectivity index (χ4v) is 4.01. The molecule has 1 aliphatic rings. The molecule has 2 aromatic heterocycles. The van der Waals surface area contributed by atoms with E-state index in [2.05, 4.69) is 44.6 Å². The Morgan fingerprint density at radius 2 is 2.16 bits per heavy atom. The number of halogens is 1. The molecule has 0 aromatic carbocycles. The van der Waals surface area contributed by atoms with Crippen molar-refractivity contribution >= 4 is 43.3 Å². The number of fused-ring (bicyclic) bond motifs is 1. The van der Waals surface area contributed by atoms with Gasteiger partial charge in [-0.15, -0.1) is 11.3 Å². The number of aryl methyl sites for hydroxylation is 2. The first-order valence-corrected chi connectivity index (χ1v) is 8.69. The molecule has 0 atom stereocenters. The lowest BCUT2D eigenvalue weighted by molar-refractivity contribution is 0.389. The number of nitrogens with zero attached hydrogens (tertiary/aromatic N) is 3. The van der Waals surface area contributed by atoms with Crippen molar-refractivity contribution in [2.75, 3.05) is 16.8 Å². The quantitative estimate of drug-likeness (QED) is 0.786. The Hall–Kier alpha value is -0.680. The molecule has 0 aliphatic heterocycles. The first-order valence-electron chi connectivity index (χ1n) is 6.75. The standard InChI is InChI=1S/C14H18BrN3S/c1-9-10(2)19-14-12(9)13(16-8-17-14)18(7-6-15)11-4-3-5-11/h8,11H,3-7H2,1-2H3. The van der Waals surface area contributed by atoms with Crippen LogP contribution in [0.4, 0.5) is 5.82 Å². The van der Waals surface area contributed by atoms with Crippen molar-refractivity contribution in [3.63, 3.8) is 0 Å². The highest BCUT2D eigenvalue weighted by atomic mass is 79.9. The Morgan fingerprint density at radius 3 is 2.79 bits per heavy atom. The molecule has 0 saturated heterocycles. The van der Waals surface area contributed by atoms with Crippen LogP contribution in [0.25, 0.3) is 10.2 Å². The number of aromatic nitrogens is 2. The number of hydrogen-bond donors (Lipinski definition) is 0. The van der Waals surface area contributed by atoms with Gasteiger partial charge in [0.1, 0.15) is 17.0 Å².